The molecule has 4 aromatic carbocycles. The molecule has 130 valence electrons. The van der Waals surface area contributed by atoms with E-state index < -0.39 is 0 Å². The summed E-state index contributed by atoms with van der Waals surface area (Å²) in [5.41, 5.74) is 3.24. The van der Waals surface area contributed by atoms with Crippen LogP contribution in [0.4, 0.5) is 5.95 Å². The van der Waals surface area contributed by atoms with Crippen LogP contribution in [-0.4, -0.2) is 15.8 Å². The predicted octanol–water partition coefficient (Wildman–Crippen LogP) is 6.11. The molecule has 0 amide bonds. The number of para-hydroxylation sites is 2. The highest BCUT2D eigenvalue weighted by Gasteiger charge is 2.09. The summed E-state index contributed by atoms with van der Waals surface area (Å²) < 4.78 is 2.15. The largest absolute Gasteiger partial charge is 0.309 e. The second-order valence-electron chi connectivity index (χ2n) is 6.64. The van der Waals surface area contributed by atoms with E-state index in [0.717, 1.165) is 29.1 Å². The summed E-state index contributed by atoms with van der Waals surface area (Å²) in [6.07, 6.45) is 1.97. The van der Waals surface area contributed by atoms with Crippen LogP contribution in [0.15, 0.2) is 83.9 Å². The molecule has 0 aliphatic carbocycles. The van der Waals surface area contributed by atoms with E-state index in [4.69, 9.17) is 9.98 Å². The summed E-state index contributed by atoms with van der Waals surface area (Å²) in [5, 5.41) is 4.86. The lowest BCUT2D eigenvalue weighted by Gasteiger charge is -2.08. The maximum atomic E-state index is 4.81. The Hall–Kier alpha value is -3.46. The number of aryl methyl sites for hydroxylation is 1. The number of benzene rings is 4. The first-order valence-electron chi connectivity index (χ1n) is 9.25. The molecule has 0 saturated heterocycles. The van der Waals surface area contributed by atoms with Gasteiger partial charge in [-0.25, -0.2) is 9.98 Å². The fourth-order valence-corrected chi connectivity index (χ4v) is 3.78. The molecule has 0 atom stereocenters. The van der Waals surface area contributed by atoms with Gasteiger partial charge in [0.05, 0.1) is 11.0 Å². The molecular weight excluding hydrogens is 330 g/mol. The quantitative estimate of drug-likeness (QED) is 0.285. The van der Waals surface area contributed by atoms with Gasteiger partial charge in [0.1, 0.15) is 0 Å². The highest BCUT2D eigenvalue weighted by molar-refractivity contribution is 6.13. The number of aliphatic imine (C=N–C) groups is 1. The fourth-order valence-electron chi connectivity index (χ4n) is 3.78. The summed E-state index contributed by atoms with van der Waals surface area (Å²) in [7, 11) is 0. The molecule has 5 aromatic rings. The van der Waals surface area contributed by atoms with Gasteiger partial charge >= 0.3 is 0 Å². The Bertz CT molecular complexity index is 1260. The third kappa shape index (κ3) is 2.59. The van der Waals surface area contributed by atoms with Gasteiger partial charge in [0.2, 0.25) is 5.95 Å². The van der Waals surface area contributed by atoms with Gasteiger partial charge in [0, 0.05) is 18.3 Å². The topological polar surface area (TPSA) is 30.2 Å². The van der Waals surface area contributed by atoms with Crippen molar-refractivity contribution in [3.8, 4) is 0 Å². The molecule has 0 N–H and O–H groups in total. The number of nitrogens with zero attached hydrogens (tertiary/aromatic N) is 3. The summed E-state index contributed by atoms with van der Waals surface area (Å²) in [5.74, 6) is 0.746. The van der Waals surface area contributed by atoms with E-state index in [1.165, 1.54) is 21.5 Å². The SMILES string of the molecule is CCn1c(/N=C/c2c3ccccc3cc3ccccc23)nc2ccccc21. The van der Waals surface area contributed by atoms with E-state index in [2.05, 4.69) is 72.2 Å². The average molecular weight is 349 g/mol. The van der Waals surface area contributed by atoms with Gasteiger partial charge in [-0.15, -0.1) is 0 Å². The number of hydrogen-bond acceptors (Lipinski definition) is 2. The molecule has 0 aliphatic heterocycles. The Balaban J connectivity index is 1.74. The van der Waals surface area contributed by atoms with Crippen LogP contribution in [-0.2, 0) is 6.54 Å². The van der Waals surface area contributed by atoms with Crippen molar-refractivity contribution < 1.29 is 0 Å². The minimum absolute atomic E-state index is 0.746. The first-order valence-corrected chi connectivity index (χ1v) is 9.25. The fraction of sp³-hybridized carbons (Fsp3) is 0.0833. The maximum Gasteiger partial charge on any atom is 0.230 e. The van der Waals surface area contributed by atoms with Crippen molar-refractivity contribution in [3.63, 3.8) is 0 Å². The number of fused-ring (bicyclic) bond motifs is 3. The van der Waals surface area contributed by atoms with E-state index in [-0.39, 0.29) is 0 Å². The summed E-state index contributed by atoms with van der Waals surface area (Å²) in [6.45, 7) is 2.96. The molecule has 1 aromatic heterocycles. The molecule has 0 radical (unpaired) electrons. The van der Waals surface area contributed by atoms with Gasteiger partial charge < -0.3 is 4.57 Å². The van der Waals surface area contributed by atoms with Crippen molar-refractivity contribution in [1.29, 1.82) is 0 Å². The van der Waals surface area contributed by atoms with E-state index in [1.807, 2.05) is 24.4 Å². The third-order valence-corrected chi connectivity index (χ3v) is 5.07. The molecule has 0 unspecified atom stereocenters. The highest BCUT2D eigenvalue weighted by atomic mass is 15.2. The summed E-state index contributed by atoms with van der Waals surface area (Å²) in [6, 6.07) is 27.4. The van der Waals surface area contributed by atoms with E-state index in [9.17, 15) is 0 Å². The van der Waals surface area contributed by atoms with E-state index in [0.29, 0.717) is 0 Å². The maximum absolute atomic E-state index is 4.81. The lowest BCUT2D eigenvalue weighted by atomic mass is 9.97. The third-order valence-electron chi connectivity index (χ3n) is 5.07. The van der Waals surface area contributed by atoms with Crippen molar-refractivity contribution in [2.75, 3.05) is 0 Å². The Morgan fingerprint density at radius 1 is 0.852 bits per heavy atom. The van der Waals surface area contributed by atoms with Crippen LogP contribution >= 0.6 is 0 Å². The standard InChI is InChI=1S/C24H19N3/c1-2-27-23-14-8-7-13-22(23)26-24(27)25-16-21-19-11-5-3-9-17(19)15-18-10-4-6-12-20(18)21/h3-16H,2H2,1H3/b25-16+. The zero-order valence-corrected chi connectivity index (χ0v) is 15.1. The van der Waals surface area contributed by atoms with Crippen molar-refractivity contribution >= 4 is 44.7 Å². The lowest BCUT2D eigenvalue weighted by molar-refractivity contribution is 0.790. The Kier molecular flexibility index (Phi) is 3.72. The molecule has 3 nitrogen and oxygen atoms in total. The van der Waals surface area contributed by atoms with Gasteiger partial charge in [0.15, 0.2) is 0 Å². The first kappa shape index (κ1) is 15.8. The van der Waals surface area contributed by atoms with Crippen molar-refractivity contribution in [2.45, 2.75) is 13.5 Å². The first-order chi connectivity index (χ1) is 13.3. The van der Waals surface area contributed by atoms with Gasteiger partial charge in [-0.3, -0.25) is 0 Å². The second kappa shape index (κ2) is 6.36. The van der Waals surface area contributed by atoms with Gasteiger partial charge in [-0.1, -0.05) is 60.7 Å². The van der Waals surface area contributed by atoms with Crippen LogP contribution in [0.3, 0.4) is 0 Å². The Labute approximate surface area is 157 Å². The molecular formula is C24H19N3. The normalized spacial score (nSPS) is 11.9. The molecule has 1 heterocycles. The molecule has 0 aliphatic rings. The smallest absolute Gasteiger partial charge is 0.230 e. The zero-order valence-electron chi connectivity index (χ0n) is 15.1. The van der Waals surface area contributed by atoms with Crippen LogP contribution in [0, 0.1) is 0 Å². The van der Waals surface area contributed by atoms with E-state index in [1.54, 1.807) is 0 Å². The minimum atomic E-state index is 0.746. The van der Waals surface area contributed by atoms with Crippen molar-refractivity contribution in [1.82, 2.24) is 9.55 Å². The predicted molar refractivity (Wildman–Crippen MR) is 114 cm³/mol. The highest BCUT2D eigenvalue weighted by Crippen LogP contribution is 2.28. The molecule has 0 bridgehead atoms. The van der Waals surface area contributed by atoms with Crippen LogP contribution in [0.25, 0.3) is 32.6 Å². The van der Waals surface area contributed by atoms with Gasteiger partial charge in [0.25, 0.3) is 0 Å². The number of rotatable bonds is 3. The zero-order chi connectivity index (χ0) is 18.2. The van der Waals surface area contributed by atoms with Crippen LogP contribution < -0.4 is 0 Å². The van der Waals surface area contributed by atoms with E-state index >= 15 is 0 Å². The summed E-state index contributed by atoms with van der Waals surface area (Å²) in [4.78, 5) is 9.54. The number of aromatic nitrogens is 2. The summed E-state index contributed by atoms with van der Waals surface area (Å²) >= 11 is 0. The van der Waals surface area contributed by atoms with Crippen molar-refractivity contribution in [3.05, 3.63) is 84.4 Å². The average Bonchev–Trinajstić information content (AvgIpc) is 3.08. The lowest BCUT2D eigenvalue weighted by Crippen LogP contribution is -1.94. The number of imidazole rings is 1. The Morgan fingerprint density at radius 2 is 1.48 bits per heavy atom. The molecule has 5 rings (SSSR count). The van der Waals surface area contributed by atoms with Crippen LogP contribution in [0.1, 0.15) is 12.5 Å². The number of hydrogen-bond donors (Lipinski definition) is 0. The van der Waals surface area contributed by atoms with Gasteiger partial charge in [-0.2, -0.15) is 0 Å². The van der Waals surface area contributed by atoms with Crippen molar-refractivity contribution in [2.24, 2.45) is 4.99 Å². The monoisotopic (exact) mass is 349 g/mol. The van der Waals surface area contributed by atoms with Crippen LogP contribution in [0.5, 0.6) is 0 Å². The molecule has 27 heavy (non-hydrogen) atoms. The van der Waals surface area contributed by atoms with Gasteiger partial charge in [-0.05, 0) is 46.7 Å². The molecule has 0 spiro atoms. The second-order valence-corrected chi connectivity index (χ2v) is 6.64. The molecule has 0 saturated carbocycles. The molecule has 3 heteroatoms. The minimum Gasteiger partial charge on any atom is -0.309 e. The Morgan fingerprint density at radius 3 is 2.19 bits per heavy atom. The van der Waals surface area contributed by atoms with Crippen LogP contribution in [0.2, 0.25) is 0 Å². The molecule has 0 fully saturated rings.